The number of rotatable bonds is 8. The third kappa shape index (κ3) is 4.27. The van der Waals surface area contributed by atoms with Crippen LogP contribution in [0.2, 0.25) is 0 Å². The molecule has 0 fully saturated rings. The van der Waals surface area contributed by atoms with E-state index in [-0.39, 0.29) is 5.78 Å². The van der Waals surface area contributed by atoms with E-state index in [1.54, 1.807) is 50.6 Å². The van der Waals surface area contributed by atoms with Gasteiger partial charge in [0.15, 0.2) is 5.78 Å². The molecule has 2 unspecified atom stereocenters. The Hall–Kier alpha value is -3.15. The van der Waals surface area contributed by atoms with E-state index in [2.05, 4.69) is 16.9 Å². The van der Waals surface area contributed by atoms with Crippen LogP contribution in [-0.2, 0) is 9.59 Å². The van der Waals surface area contributed by atoms with E-state index in [9.17, 15) is 9.59 Å². The first-order chi connectivity index (χ1) is 12.5. The summed E-state index contributed by atoms with van der Waals surface area (Å²) in [6, 6.07) is 8.41. The van der Waals surface area contributed by atoms with Gasteiger partial charge in [-0.05, 0) is 23.8 Å². The number of nitrogens with zero attached hydrogens (tertiary/aromatic N) is 1. The monoisotopic (exact) mass is 354 g/mol. The quantitative estimate of drug-likeness (QED) is 0.582. The molecule has 0 saturated heterocycles. The molecule has 136 valence electrons. The van der Waals surface area contributed by atoms with Gasteiger partial charge in [0.25, 0.3) is 0 Å². The molecule has 0 aliphatic rings. The Morgan fingerprint density at radius 1 is 1.23 bits per heavy atom. The van der Waals surface area contributed by atoms with Crippen molar-refractivity contribution in [3.8, 4) is 11.5 Å². The lowest BCUT2D eigenvalue weighted by Crippen LogP contribution is -2.31. The first-order valence-corrected chi connectivity index (χ1v) is 8.11. The summed E-state index contributed by atoms with van der Waals surface area (Å²) >= 11 is 0. The summed E-state index contributed by atoms with van der Waals surface area (Å²) in [5.74, 6) is -1.14. The zero-order valence-electron chi connectivity index (χ0n) is 15.1. The Kier molecular flexibility index (Phi) is 6.49. The number of methoxy groups -OCH3 is 2. The Morgan fingerprint density at radius 3 is 2.58 bits per heavy atom. The van der Waals surface area contributed by atoms with Crippen LogP contribution < -0.4 is 14.8 Å². The van der Waals surface area contributed by atoms with Crippen molar-refractivity contribution in [2.45, 2.75) is 12.8 Å². The molecule has 0 saturated carbocycles. The minimum Gasteiger partial charge on any atom is -0.497 e. The van der Waals surface area contributed by atoms with Gasteiger partial charge in [0.05, 0.1) is 19.9 Å². The van der Waals surface area contributed by atoms with E-state index in [0.717, 1.165) is 0 Å². The fourth-order valence-corrected chi connectivity index (χ4v) is 2.48. The maximum Gasteiger partial charge on any atom is 0.239 e. The van der Waals surface area contributed by atoms with E-state index < -0.39 is 17.7 Å². The zero-order valence-corrected chi connectivity index (χ0v) is 15.1. The van der Waals surface area contributed by atoms with Gasteiger partial charge in [-0.25, -0.2) is 0 Å². The third-order valence-corrected chi connectivity index (χ3v) is 4.03. The van der Waals surface area contributed by atoms with E-state index >= 15 is 0 Å². The number of hydrogen-bond donors (Lipinski definition) is 1. The molecule has 0 aliphatic heterocycles. The van der Waals surface area contributed by atoms with Gasteiger partial charge in [-0.15, -0.1) is 6.58 Å². The molecule has 1 aromatic carbocycles. The molecule has 6 nitrogen and oxygen atoms in total. The Bertz CT molecular complexity index is 790. The first-order valence-electron chi connectivity index (χ1n) is 8.11. The maximum absolute atomic E-state index is 12.9. The van der Waals surface area contributed by atoms with Crippen molar-refractivity contribution in [3.05, 3.63) is 60.9 Å². The van der Waals surface area contributed by atoms with Gasteiger partial charge in [0.2, 0.25) is 5.91 Å². The number of hydrogen-bond acceptors (Lipinski definition) is 5. The van der Waals surface area contributed by atoms with Crippen LogP contribution in [0.5, 0.6) is 11.5 Å². The topological polar surface area (TPSA) is 77.5 Å². The number of ether oxygens (including phenoxy) is 2. The summed E-state index contributed by atoms with van der Waals surface area (Å²) in [6.07, 6.45) is 4.63. The van der Waals surface area contributed by atoms with Crippen molar-refractivity contribution in [1.29, 1.82) is 0 Å². The van der Waals surface area contributed by atoms with E-state index in [1.165, 1.54) is 19.4 Å². The van der Waals surface area contributed by atoms with Crippen LogP contribution in [0.3, 0.4) is 0 Å². The zero-order chi connectivity index (χ0) is 19.1. The molecule has 0 spiro atoms. The molecule has 0 aliphatic carbocycles. The Balaban J connectivity index is 2.36. The molecule has 0 bridgehead atoms. The lowest BCUT2D eigenvalue weighted by atomic mass is 9.88. The van der Waals surface area contributed by atoms with Gasteiger partial charge in [-0.1, -0.05) is 19.1 Å². The molecule has 1 N–H and O–H groups in total. The highest BCUT2D eigenvalue weighted by Gasteiger charge is 2.31. The smallest absolute Gasteiger partial charge is 0.239 e. The fraction of sp³-hybridized carbons (Fsp3) is 0.250. The van der Waals surface area contributed by atoms with Crippen molar-refractivity contribution in [1.82, 2.24) is 4.98 Å². The summed E-state index contributed by atoms with van der Waals surface area (Å²) in [5, 5.41) is 2.77. The number of benzene rings is 1. The minimum absolute atomic E-state index is 0.252. The van der Waals surface area contributed by atoms with Crippen LogP contribution in [0.15, 0.2) is 55.4 Å². The van der Waals surface area contributed by atoms with Crippen molar-refractivity contribution in [2.24, 2.45) is 5.92 Å². The number of Topliss-reactive ketones (excluding diaryl/α,β-unsaturated/α-hetero) is 1. The van der Waals surface area contributed by atoms with Crippen molar-refractivity contribution < 1.29 is 19.1 Å². The normalized spacial score (nSPS) is 12.6. The summed E-state index contributed by atoms with van der Waals surface area (Å²) in [6.45, 7) is 5.35. The molecule has 26 heavy (non-hydrogen) atoms. The van der Waals surface area contributed by atoms with Gasteiger partial charge in [-0.2, -0.15) is 0 Å². The molecule has 2 atom stereocenters. The lowest BCUT2D eigenvalue weighted by Gasteiger charge is -2.19. The SMILES string of the molecule is C=CC(C)C(=O)C(C(=O)Nc1ccc(OC)cc1OC)c1cccnc1. The van der Waals surface area contributed by atoms with E-state index in [4.69, 9.17) is 9.47 Å². The van der Waals surface area contributed by atoms with Crippen LogP contribution in [0, 0.1) is 5.92 Å². The molecule has 1 heterocycles. The minimum atomic E-state index is -0.997. The number of allylic oxidation sites excluding steroid dienone is 1. The number of anilines is 1. The van der Waals surface area contributed by atoms with E-state index in [1.807, 2.05) is 0 Å². The Labute approximate surface area is 152 Å². The lowest BCUT2D eigenvalue weighted by molar-refractivity contribution is -0.129. The van der Waals surface area contributed by atoms with Gasteiger partial charge in [-0.3, -0.25) is 14.6 Å². The number of nitrogens with one attached hydrogen (secondary N) is 1. The highest BCUT2D eigenvalue weighted by Crippen LogP contribution is 2.31. The number of ketones is 1. The number of aromatic nitrogens is 1. The molecule has 0 radical (unpaired) electrons. The van der Waals surface area contributed by atoms with Gasteiger partial charge >= 0.3 is 0 Å². The number of amides is 1. The van der Waals surface area contributed by atoms with Crippen molar-refractivity contribution in [3.63, 3.8) is 0 Å². The molecule has 1 amide bonds. The van der Waals surface area contributed by atoms with Crippen LogP contribution in [0.4, 0.5) is 5.69 Å². The predicted octanol–water partition coefficient (Wildman–Crippen LogP) is 3.21. The summed E-state index contributed by atoms with van der Waals surface area (Å²) in [4.78, 5) is 29.7. The second-order valence-electron chi connectivity index (χ2n) is 5.70. The summed E-state index contributed by atoms with van der Waals surface area (Å²) in [5.41, 5.74) is 0.974. The second-order valence-corrected chi connectivity index (χ2v) is 5.70. The van der Waals surface area contributed by atoms with Crippen LogP contribution in [0.25, 0.3) is 0 Å². The highest BCUT2D eigenvalue weighted by atomic mass is 16.5. The van der Waals surface area contributed by atoms with Crippen molar-refractivity contribution in [2.75, 3.05) is 19.5 Å². The van der Waals surface area contributed by atoms with Crippen LogP contribution in [-0.4, -0.2) is 30.9 Å². The summed E-state index contributed by atoms with van der Waals surface area (Å²) < 4.78 is 10.4. The average molecular weight is 354 g/mol. The second kappa shape index (κ2) is 8.80. The predicted molar refractivity (Wildman–Crippen MR) is 99.5 cm³/mol. The largest absolute Gasteiger partial charge is 0.497 e. The number of carbonyl (C=O) groups is 2. The molecular weight excluding hydrogens is 332 g/mol. The first kappa shape index (κ1) is 19.2. The number of pyridine rings is 1. The number of carbonyl (C=O) groups excluding carboxylic acids is 2. The fourth-order valence-electron chi connectivity index (χ4n) is 2.48. The van der Waals surface area contributed by atoms with Gasteiger partial charge in [0.1, 0.15) is 17.4 Å². The Morgan fingerprint density at radius 2 is 2.00 bits per heavy atom. The van der Waals surface area contributed by atoms with Crippen LogP contribution >= 0.6 is 0 Å². The molecular formula is C20H22N2O4. The summed E-state index contributed by atoms with van der Waals surface area (Å²) in [7, 11) is 3.04. The molecule has 6 heteroatoms. The molecule has 2 rings (SSSR count). The van der Waals surface area contributed by atoms with Crippen molar-refractivity contribution >= 4 is 17.4 Å². The van der Waals surface area contributed by atoms with Gasteiger partial charge < -0.3 is 14.8 Å². The molecule has 1 aromatic heterocycles. The average Bonchev–Trinajstić information content (AvgIpc) is 2.68. The van der Waals surface area contributed by atoms with Crippen LogP contribution in [0.1, 0.15) is 18.4 Å². The van der Waals surface area contributed by atoms with Gasteiger partial charge in [0, 0.05) is 24.4 Å². The third-order valence-electron chi connectivity index (χ3n) is 4.03. The van der Waals surface area contributed by atoms with E-state index in [0.29, 0.717) is 22.7 Å². The standard InChI is InChI=1S/C20H22N2O4/c1-5-13(2)19(23)18(14-7-6-10-21-12-14)20(24)22-16-9-8-15(25-3)11-17(16)26-4/h5-13,18H,1H2,2-4H3,(H,22,24). The highest BCUT2D eigenvalue weighted by molar-refractivity contribution is 6.13. The maximum atomic E-state index is 12.9. The molecule has 2 aromatic rings.